The molecule has 0 N–H and O–H groups in total. The fraction of sp³-hybridized carbons (Fsp3) is 0.235. The minimum Gasteiger partial charge on any atom is -0.192 e. The first-order valence-corrected chi connectivity index (χ1v) is 6.23. The SMILES string of the molecule is Cc1cc(-c2ccc(C#N)cc2)ccc1C(C)C. The van der Waals surface area contributed by atoms with Gasteiger partial charge in [0.1, 0.15) is 0 Å². The van der Waals surface area contributed by atoms with Crippen molar-refractivity contribution in [2.75, 3.05) is 0 Å². The first-order chi connectivity index (χ1) is 8.61. The molecule has 0 unspecified atom stereocenters. The summed E-state index contributed by atoms with van der Waals surface area (Å²) in [6.07, 6.45) is 0. The van der Waals surface area contributed by atoms with Crippen LogP contribution in [0.3, 0.4) is 0 Å². The highest BCUT2D eigenvalue weighted by Gasteiger charge is 2.05. The Hall–Kier alpha value is -2.07. The second-order valence-corrected chi connectivity index (χ2v) is 4.92. The van der Waals surface area contributed by atoms with Crippen LogP contribution in [-0.2, 0) is 0 Å². The molecular weight excluding hydrogens is 218 g/mol. The summed E-state index contributed by atoms with van der Waals surface area (Å²) < 4.78 is 0. The van der Waals surface area contributed by atoms with Gasteiger partial charge in [0.05, 0.1) is 11.6 Å². The largest absolute Gasteiger partial charge is 0.192 e. The Morgan fingerprint density at radius 2 is 1.56 bits per heavy atom. The standard InChI is InChI=1S/C17H17N/c1-12(2)17-9-8-16(10-13(17)3)15-6-4-14(11-18)5-7-15/h4-10,12H,1-3H3. The van der Waals surface area contributed by atoms with E-state index in [1.807, 2.05) is 24.3 Å². The molecule has 0 saturated heterocycles. The Morgan fingerprint density at radius 1 is 0.944 bits per heavy atom. The van der Waals surface area contributed by atoms with E-state index < -0.39 is 0 Å². The highest BCUT2D eigenvalue weighted by molar-refractivity contribution is 5.65. The Bertz CT molecular complexity index is 586. The Labute approximate surface area is 109 Å². The third-order valence-corrected chi connectivity index (χ3v) is 3.24. The number of rotatable bonds is 2. The molecule has 90 valence electrons. The van der Waals surface area contributed by atoms with Crippen molar-refractivity contribution in [3.8, 4) is 17.2 Å². The second-order valence-electron chi connectivity index (χ2n) is 4.92. The van der Waals surface area contributed by atoms with E-state index in [0.717, 1.165) is 5.56 Å². The Morgan fingerprint density at radius 3 is 2.06 bits per heavy atom. The van der Waals surface area contributed by atoms with Crippen LogP contribution in [0, 0.1) is 18.3 Å². The maximum Gasteiger partial charge on any atom is 0.0991 e. The van der Waals surface area contributed by atoms with Crippen molar-refractivity contribution in [1.82, 2.24) is 0 Å². The lowest BCUT2D eigenvalue weighted by Gasteiger charge is -2.11. The van der Waals surface area contributed by atoms with Crippen LogP contribution < -0.4 is 0 Å². The molecule has 1 nitrogen and oxygen atoms in total. The molecule has 0 atom stereocenters. The van der Waals surface area contributed by atoms with Crippen molar-refractivity contribution < 1.29 is 0 Å². The van der Waals surface area contributed by atoms with Gasteiger partial charge in [0.15, 0.2) is 0 Å². The molecule has 1 heteroatoms. The molecule has 0 aliphatic carbocycles. The van der Waals surface area contributed by atoms with Crippen LogP contribution >= 0.6 is 0 Å². The van der Waals surface area contributed by atoms with Crippen molar-refractivity contribution in [3.63, 3.8) is 0 Å². The fourth-order valence-corrected chi connectivity index (χ4v) is 2.24. The monoisotopic (exact) mass is 235 g/mol. The number of benzene rings is 2. The van der Waals surface area contributed by atoms with Crippen molar-refractivity contribution >= 4 is 0 Å². The van der Waals surface area contributed by atoms with Crippen LogP contribution in [0.15, 0.2) is 42.5 Å². The quantitative estimate of drug-likeness (QED) is 0.742. The average Bonchev–Trinajstić information content (AvgIpc) is 2.38. The van der Waals surface area contributed by atoms with Gasteiger partial charge in [-0.1, -0.05) is 44.2 Å². The van der Waals surface area contributed by atoms with E-state index in [1.54, 1.807) is 0 Å². The normalized spacial score (nSPS) is 10.4. The van der Waals surface area contributed by atoms with Crippen LogP contribution in [0.4, 0.5) is 0 Å². The summed E-state index contributed by atoms with van der Waals surface area (Å²) in [6.45, 7) is 6.58. The molecule has 0 radical (unpaired) electrons. The van der Waals surface area contributed by atoms with E-state index in [2.05, 4.69) is 45.0 Å². The zero-order chi connectivity index (χ0) is 13.1. The predicted octanol–water partition coefficient (Wildman–Crippen LogP) is 4.66. The summed E-state index contributed by atoms with van der Waals surface area (Å²) >= 11 is 0. The average molecular weight is 235 g/mol. The molecule has 0 amide bonds. The number of hydrogen-bond donors (Lipinski definition) is 0. The first kappa shape index (κ1) is 12.4. The molecule has 2 rings (SSSR count). The lowest BCUT2D eigenvalue weighted by Crippen LogP contribution is -1.92. The molecule has 2 aromatic carbocycles. The van der Waals surface area contributed by atoms with Gasteiger partial charge in [-0.2, -0.15) is 5.26 Å². The topological polar surface area (TPSA) is 23.8 Å². The lowest BCUT2D eigenvalue weighted by atomic mass is 9.94. The predicted molar refractivity (Wildman–Crippen MR) is 75.4 cm³/mol. The number of nitrogens with zero attached hydrogens (tertiary/aromatic N) is 1. The third kappa shape index (κ3) is 2.43. The first-order valence-electron chi connectivity index (χ1n) is 6.23. The smallest absolute Gasteiger partial charge is 0.0991 e. The molecule has 0 spiro atoms. The maximum atomic E-state index is 8.79. The Balaban J connectivity index is 2.39. The molecule has 0 fully saturated rings. The van der Waals surface area contributed by atoms with Crippen LogP contribution in [0.25, 0.3) is 11.1 Å². The second kappa shape index (κ2) is 5.06. The van der Waals surface area contributed by atoms with Gasteiger partial charge < -0.3 is 0 Å². The minimum atomic E-state index is 0.556. The van der Waals surface area contributed by atoms with Gasteiger partial charge in [-0.25, -0.2) is 0 Å². The van der Waals surface area contributed by atoms with Gasteiger partial charge in [-0.05, 0) is 47.2 Å². The van der Waals surface area contributed by atoms with Gasteiger partial charge in [-0.3, -0.25) is 0 Å². The molecular formula is C17H17N. The van der Waals surface area contributed by atoms with E-state index >= 15 is 0 Å². The summed E-state index contributed by atoms with van der Waals surface area (Å²) in [5, 5.41) is 8.79. The molecule has 0 bridgehead atoms. The van der Waals surface area contributed by atoms with Crippen molar-refractivity contribution in [3.05, 3.63) is 59.2 Å². The van der Waals surface area contributed by atoms with Crippen molar-refractivity contribution in [2.45, 2.75) is 26.7 Å². The summed E-state index contributed by atoms with van der Waals surface area (Å²) in [5.74, 6) is 0.556. The van der Waals surface area contributed by atoms with Crippen LogP contribution in [0.5, 0.6) is 0 Å². The number of hydrogen-bond acceptors (Lipinski definition) is 1. The van der Waals surface area contributed by atoms with E-state index in [-0.39, 0.29) is 0 Å². The molecule has 0 heterocycles. The molecule has 0 aliphatic heterocycles. The van der Waals surface area contributed by atoms with Crippen LogP contribution in [-0.4, -0.2) is 0 Å². The van der Waals surface area contributed by atoms with Gasteiger partial charge in [0.2, 0.25) is 0 Å². The molecule has 2 aromatic rings. The Kier molecular flexibility index (Phi) is 3.48. The molecule has 0 aromatic heterocycles. The third-order valence-electron chi connectivity index (χ3n) is 3.24. The van der Waals surface area contributed by atoms with Crippen LogP contribution in [0.2, 0.25) is 0 Å². The van der Waals surface area contributed by atoms with Gasteiger partial charge in [0, 0.05) is 0 Å². The van der Waals surface area contributed by atoms with E-state index in [0.29, 0.717) is 11.5 Å². The zero-order valence-corrected chi connectivity index (χ0v) is 11.1. The number of aryl methyl sites for hydroxylation is 1. The van der Waals surface area contributed by atoms with Crippen molar-refractivity contribution in [2.24, 2.45) is 0 Å². The lowest BCUT2D eigenvalue weighted by molar-refractivity contribution is 0.857. The van der Waals surface area contributed by atoms with Crippen LogP contribution in [0.1, 0.15) is 36.5 Å². The number of nitriles is 1. The van der Waals surface area contributed by atoms with E-state index in [4.69, 9.17) is 5.26 Å². The van der Waals surface area contributed by atoms with E-state index in [1.165, 1.54) is 16.7 Å². The minimum absolute atomic E-state index is 0.556. The maximum absolute atomic E-state index is 8.79. The van der Waals surface area contributed by atoms with E-state index in [9.17, 15) is 0 Å². The zero-order valence-electron chi connectivity index (χ0n) is 11.1. The fourth-order valence-electron chi connectivity index (χ4n) is 2.24. The molecule has 0 aliphatic rings. The van der Waals surface area contributed by atoms with Gasteiger partial charge in [-0.15, -0.1) is 0 Å². The van der Waals surface area contributed by atoms with Gasteiger partial charge >= 0.3 is 0 Å². The highest BCUT2D eigenvalue weighted by Crippen LogP contribution is 2.26. The summed E-state index contributed by atoms with van der Waals surface area (Å²) in [6, 6.07) is 16.4. The highest BCUT2D eigenvalue weighted by atomic mass is 14.2. The van der Waals surface area contributed by atoms with Crippen molar-refractivity contribution in [1.29, 1.82) is 5.26 Å². The molecule has 18 heavy (non-hydrogen) atoms. The summed E-state index contributed by atoms with van der Waals surface area (Å²) in [5.41, 5.74) is 5.79. The van der Waals surface area contributed by atoms with Gasteiger partial charge in [0.25, 0.3) is 0 Å². The summed E-state index contributed by atoms with van der Waals surface area (Å²) in [7, 11) is 0. The molecule has 0 saturated carbocycles. The summed E-state index contributed by atoms with van der Waals surface area (Å²) in [4.78, 5) is 0.